The van der Waals surface area contributed by atoms with E-state index >= 15 is 0 Å². The Morgan fingerprint density at radius 1 is 1.07 bits per heavy atom. The van der Waals surface area contributed by atoms with Gasteiger partial charge < -0.3 is 29.6 Å². The molecule has 222 valence electrons. The van der Waals surface area contributed by atoms with Gasteiger partial charge in [0.2, 0.25) is 0 Å². The highest BCUT2D eigenvalue weighted by Gasteiger charge is 2.31. The summed E-state index contributed by atoms with van der Waals surface area (Å²) in [4.78, 5) is 36.5. The molecule has 0 aliphatic rings. The molecular weight excluding hydrogens is 554 g/mol. The van der Waals surface area contributed by atoms with E-state index < -0.39 is 23.4 Å². The van der Waals surface area contributed by atoms with Crippen molar-refractivity contribution < 1.29 is 33.3 Å². The van der Waals surface area contributed by atoms with Crippen molar-refractivity contribution >= 4 is 34.7 Å². The number of esters is 2. The Morgan fingerprint density at radius 2 is 1.77 bits per heavy atom. The van der Waals surface area contributed by atoms with Crippen molar-refractivity contribution in [1.82, 2.24) is 14.9 Å². The molecule has 43 heavy (non-hydrogen) atoms. The van der Waals surface area contributed by atoms with Crippen molar-refractivity contribution in [2.45, 2.75) is 33.3 Å². The normalized spacial score (nSPS) is 10.9. The van der Waals surface area contributed by atoms with Gasteiger partial charge in [-0.15, -0.1) is 0 Å². The number of para-hydroxylation sites is 2. The smallest absolute Gasteiger partial charge is 0.339 e. The minimum Gasteiger partial charge on any atom is -0.474 e. The molecule has 0 bridgehead atoms. The number of hydrogen-bond donors (Lipinski definition) is 2. The van der Waals surface area contributed by atoms with Crippen molar-refractivity contribution in [2.24, 2.45) is 0 Å². The number of rotatable bonds is 11. The van der Waals surface area contributed by atoms with Gasteiger partial charge in [-0.05, 0) is 69.7 Å². The first-order valence-corrected chi connectivity index (χ1v) is 13.3. The van der Waals surface area contributed by atoms with Gasteiger partial charge in [-0.25, -0.2) is 9.31 Å². The molecule has 2 aromatic carbocycles. The number of nitrogens with zero attached hydrogens (tertiary/aromatic N) is 3. The topological polar surface area (TPSA) is 153 Å². The number of aryl methyl sites for hydroxylation is 1. The second-order valence-electron chi connectivity index (χ2n) is 9.80. The third kappa shape index (κ3) is 6.84. The maximum Gasteiger partial charge on any atom is 0.339 e. The molecule has 0 aliphatic heterocycles. The summed E-state index contributed by atoms with van der Waals surface area (Å²) in [5.41, 5.74) is 1.65. The summed E-state index contributed by atoms with van der Waals surface area (Å²) >= 11 is 0. The van der Waals surface area contributed by atoms with Gasteiger partial charge in [0.05, 0.1) is 42.2 Å². The van der Waals surface area contributed by atoms with E-state index in [1.807, 2.05) is 0 Å². The van der Waals surface area contributed by atoms with Crippen LogP contribution in [-0.4, -0.2) is 53.3 Å². The van der Waals surface area contributed by atoms with Gasteiger partial charge in [0.25, 0.3) is 5.91 Å². The zero-order valence-electron chi connectivity index (χ0n) is 24.4. The molecule has 0 unspecified atom stereocenters. The number of fused-ring (bicyclic) bond motifs is 1. The predicted octanol–water partition coefficient (Wildman–Crippen LogP) is 4.67. The van der Waals surface area contributed by atoms with Crippen LogP contribution in [0.2, 0.25) is 0 Å². The highest BCUT2D eigenvalue weighted by atomic mass is 16.5. The number of benzene rings is 2. The Bertz CT molecular complexity index is 1700. The van der Waals surface area contributed by atoms with Gasteiger partial charge in [0, 0.05) is 11.9 Å². The molecule has 0 atom stereocenters. The highest BCUT2D eigenvalue weighted by Crippen LogP contribution is 2.35. The van der Waals surface area contributed by atoms with Crippen LogP contribution in [0.1, 0.15) is 42.3 Å². The number of carbonyl (C=O) groups excluding carboxylic acids is 3. The number of ether oxygens (including phenoxy) is 4. The molecule has 0 fully saturated rings. The van der Waals surface area contributed by atoms with Gasteiger partial charge in [-0.2, -0.15) is 10.4 Å². The molecule has 0 spiro atoms. The predicted molar refractivity (Wildman–Crippen MR) is 157 cm³/mol. The van der Waals surface area contributed by atoms with E-state index in [0.29, 0.717) is 50.8 Å². The first kappa shape index (κ1) is 30.4. The number of carbonyl (C=O) groups is 3. The van der Waals surface area contributed by atoms with Crippen LogP contribution in [0.3, 0.4) is 0 Å². The fourth-order valence-electron chi connectivity index (χ4n) is 4.21. The number of anilines is 2. The fraction of sp³-hybridized carbons (Fsp3) is 0.258. The van der Waals surface area contributed by atoms with Gasteiger partial charge in [-0.3, -0.25) is 9.59 Å². The second kappa shape index (κ2) is 12.9. The molecule has 1 amide bonds. The van der Waals surface area contributed by atoms with Gasteiger partial charge in [0.1, 0.15) is 18.4 Å². The maximum atomic E-state index is 12.7. The maximum absolute atomic E-state index is 12.7. The lowest BCUT2D eigenvalue weighted by atomic mass is 10.1. The van der Waals surface area contributed by atoms with Crippen LogP contribution in [-0.2, 0) is 19.1 Å². The molecule has 2 heterocycles. The number of nitrogens with one attached hydrogen (secondary N) is 2. The average molecular weight is 586 g/mol. The highest BCUT2D eigenvalue weighted by molar-refractivity contribution is 5.97. The van der Waals surface area contributed by atoms with Crippen molar-refractivity contribution in [3.05, 3.63) is 77.6 Å². The van der Waals surface area contributed by atoms with E-state index in [2.05, 4.69) is 21.8 Å². The van der Waals surface area contributed by atoms with E-state index in [9.17, 15) is 19.6 Å². The standard InChI is InChI=1S/C31H31N5O7/c1-6-41-26(37)17-33-30(39)31(3,4)43-25-10-8-7-9-24(25)42-22-13-11-21(12-14-22)35-27-20(15-32)16-34-36-18-23(29(38)40-5)19(2)28(27)36/h7-14,16,18,35H,6,17H2,1-5H3,(H,33,39). The Labute approximate surface area is 248 Å². The zero-order chi connectivity index (χ0) is 31.1. The molecule has 0 saturated heterocycles. The molecule has 12 nitrogen and oxygen atoms in total. The monoisotopic (exact) mass is 585 g/mol. The lowest BCUT2D eigenvalue weighted by Gasteiger charge is -2.26. The molecule has 4 aromatic rings. The zero-order valence-corrected chi connectivity index (χ0v) is 24.4. The van der Waals surface area contributed by atoms with Crippen molar-refractivity contribution in [3.8, 4) is 23.3 Å². The first-order valence-electron chi connectivity index (χ1n) is 13.3. The summed E-state index contributed by atoms with van der Waals surface area (Å²) in [6.45, 7) is 6.56. The largest absolute Gasteiger partial charge is 0.474 e. The van der Waals surface area contributed by atoms with E-state index in [1.165, 1.54) is 17.8 Å². The molecule has 2 aromatic heterocycles. The Balaban J connectivity index is 1.52. The Hall–Kier alpha value is -5.57. The molecule has 0 radical (unpaired) electrons. The van der Waals surface area contributed by atoms with Crippen LogP contribution in [0, 0.1) is 18.3 Å². The minimum atomic E-state index is -1.32. The number of methoxy groups -OCH3 is 1. The van der Waals surface area contributed by atoms with Crippen LogP contribution in [0.15, 0.2) is 60.9 Å². The summed E-state index contributed by atoms with van der Waals surface area (Å²) in [6.07, 6.45) is 2.98. The van der Waals surface area contributed by atoms with Crippen LogP contribution in [0.5, 0.6) is 17.2 Å². The number of aromatic nitrogens is 2. The summed E-state index contributed by atoms with van der Waals surface area (Å²) in [7, 11) is 1.30. The van der Waals surface area contributed by atoms with Crippen molar-refractivity contribution in [1.29, 1.82) is 5.26 Å². The van der Waals surface area contributed by atoms with Gasteiger partial charge >= 0.3 is 11.9 Å². The number of nitriles is 1. The summed E-state index contributed by atoms with van der Waals surface area (Å²) in [5, 5.41) is 19.8. The minimum absolute atomic E-state index is 0.218. The lowest BCUT2D eigenvalue weighted by Crippen LogP contribution is -2.48. The number of amides is 1. The molecular formula is C31H31N5O7. The van der Waals surface area contributed by atoms with Crippen molar-refractivity contribution in [2.75, 3.05) is 25.6 Å². The van der Waals surface area contributed by atoms with Crippen molar-refractivity contribution in [3.63, 3.8) is 0 Å². The molecule has 4 rings (SSSR count). The lowest BCUT2D eigenvalue weighted by molar-refractivity contribution is -0.145. The van der Waals surface area contributed by atoms with E-state index in [-0.39, 0.29) is 13.2 Å². The van der Waals surface area contributed by atoms with Gasteiger partial charge in [0.15, 0.2) is 17.1 Å². The molecule has 0 saturated carbocycles. The molecule has 0 aliphatic carbocycles. The Morgan fingerprint density at radius 3 is 2.42 bits per heavy atom. The quantitative estimate of drug-likeness (QED) is 0.237. The summed E-state index contributed by atoms with van der Waals surface area (Å²) in [5.74, 6) is -0.359. The van der Waals surface area contributed by atoms with E-state index in [0.717, 1.165) is 0 Å². The first-order chi connectivity index (χ1) is 20.6. The molecule has 12 heteroatoms. The van der Waals surface area contributed by atoms with E-state index in [1.54, 1.807) is 82.4 Å². The van der Waals surface area contributed by atoms with Crippen LogP contribution < -0.4 is 20.1 Å². The van der Waals surface area contributed by atoms with Crippen LogP contribution >= 0.6 is 0 Å². The van der Waals surface area contributed by atoms with Crippen LogP contribution in [0.4, 0.5) is 11.4 Å². The SMILES string of the molecule is CCOC(=O)CNC(=O)C(C)(C)Oc1ccccc1Oc1ccc(Nc2c(C#N)cnn3cc(C(=O)OC)c(C)c23)cc1. The fourth-order valence-corrected chi connectivity index (χ4v) is 4.21. The second-order valence-corrected chi connectivity index (χ2v) is 9.80. The number of hydrogen-bond acceptors (Lipinski definition) is 10. The van der Waals surface area contributed by atoms with Crippen LogP contribution in [0.25, 0.3) is 5.52 Å². The summed E-state index contributed by atoms with van der Waals surface area (Å²) < 4.78 is 23.3. The summed E-state index contributed by atoms with van der Waals surface area (Å²) in [6, 6.07) is 16.0. The molecule has 2 N–H and O–H groups in total. The average Bonchev–Trinajstić information content (AvgIpc) is 3.34. The third-order valence-electron chi connectivity index (χ3n) is 6.39. The van der Waals surface area contributed by atoms with Gasteiger partial charge in [-0.1, -0.05) is 12.1 Å². The van der Waals surface area contributed by atoms with E-state index in [4.69, 9.17) is 18.9 Å². The third-order valence-corrected chi connectivity index (χ3v) is 6.39. The Kier molecular flexibility index (Phi) is 9.15.